The van der Waals surface area contributed by atoms with Gasteiger partial charge in [-0.15, -0.1) is 0 Å². The van der Waals surface area contributed by atoms with Crippen LogP contribution in [0.5, 0.6) is 0 Å². The van der Waals surface area contributed by atoms with Crippen molar-refractivity contribution in [3.05, 3.63) is 23.7 Å². The third kappa shape index (κ3) is 5.81. The number of carboxylic acids is 1. The van der Waals surface area contributed by atoms with Crippen LogP contribution in [0, 0.1) is 11.3 Å². The lowest BCUT2D eigenvalue weighted by molar-refractivity contribution is -0.192. The summed E-state index contributed by atoms with van der Waals surface area (Å²) in [7, 11) is 3.46. The molecule has 2 saturated heterocycles. The second-order valence-electron chi connectivity index (χ2n) is 8.52. The Morgan fingerprint density at radius 1 is 1.28 bits per heavy atom. The number of rotatable bonds is 5. The first kappa shape index (κ1) is 25.7. The molecular weight excluding hydrogens is 431 g/mol. The van der Waals surface area contributed by atoms with E-state index in [0.29, 0.717) is 12.5 Å². The van der Waals surface area contributed by atoms with Gasteiger partial charge < -0.3 is 19.3 Å². The zero-order valence-corrected chi connectivity index (χ0v) is 18.7. The Kier molecular flexibility index (Phi) is 7.97. The average molecular weight is 461 g/mol. The highest BCUT2D eigenvalue weighted by atomic mass is 19.4. The Bertz CT molecular complexity index is 839. The molecule has 2 amide bonds. The molecule has 0 saturated carbocycles. The van der Waals surface area contributed by atoms with Crippen molar-refractivity contribution in [1.29, 1.82) is 0 Å². The molecule has 1 aromatic heterocycles. The minimum Gasteiger partial charge on any atom is -0.475 e. The molecule has 8 nitrogen and oxygen atoms in total. The van der Waals surface area contributed by atoms with Gasteiger partial charge in [-0.05, 0) is 24.5 Å². The highest BCUT2D eigenvalue weighted by Crippen LogP contribution is 2.45. The summed E-state index contributed by atoms with van der Waals surface area (Å²) in [6, 6.07) is 4.06. The average Bonchev–Trinajstić information content (AvgIpc) is 3.36. The van der Waals surface area contributed by atoms with Crippen LogP contribution in [0.4, 0.5) is 13.2 Å². The van der Waals surface area contributed by atoms with Gasteiger partial charge in [0.15, 0.2) is 0 Å². The number of likely N-dealkylation sites (tertiary alicyclic amines) is 2. The van der Waals surface area contributed by atoms with Crippen LogP contribution in [0.15, 0.2) is 16.5 Å². The SMILES string of the molecule is CCc1ccc(CN2C[C@@H](C)C3(CCN(CC(=O)N(C)C)C3=O)C2)o1.O=C(O)C(F)(F)F. The van der Waals surface area contributed by atoms with E-state index in [2.05, 4.69) is 18.7 Å². The standard InChI is InChI=1S/C19H29N3O3.C2HF3O2/c1-5-15-6-7-16(25-15)11-21-10-14(2)19(13-21)8-9-22(18(19)24)12-17(23)20(3)4;3-2(4,5)1(6)7/h6-7,14H,5,8-13H2,1-4H3;(H,6,7)/t14-,19?;/m1./s1. The number of alkyl halides is 3. The van der Waals surface area contributed by atoms with Crippen molar-refractivity contribution in [2.45, 2.75) is 39.4 Å². The Hall–Kier alpha value is -2.56. The van der Waals surface area contributed by atoms with E-state index in [4.69, 9.17) is 14.3 Å². The number of halogens is 3. The van der Waals surface area contributed by atoms with Crippen molar-refractivity contribution < 1.29 is 37.1 Å². The molecule has 2 aliphatic rings. The van der Waals surface area contributed by atoms with Crippen LogP contribution in [0.3, 0.4) is 0 Å². The van der Waals surface area contributed by atoms with Gasteiger partial charge in [0.25, 0.3) is 0 Å². The van der Waals surface area contributed by atoms with E-state index in [0.717, 1.165) is 44.0 Å². The fourth-order valence-electron chi connectivity index (χ4n) is 4.14. The number of likely N-dealkylation sites (N-methyl/N-ethyl adjacent to an activating group) is 1. The number of carbonyl (C=O) groups excluding carboxylic acids is 2. The number of hydrogen-bond acceptors (Lipinski definition) is 5. The van der Waals surface area contributed by atoms with Crippen LogP contribution in [-0.2, 0) is 27.3 Å². The van der Waals surface area contributed by atoms with E-state index < -0.39 is 12.1 Å². The summed E-state index contributed by atoms with van der Waals surface area (Å²) in [5.41, 5.74) is -0.341. The van der Waals surface area contributed by atoms with E-state index in [-0.39, 0.29) is 23.8 Å². The van der Waals surface area contributed by atoms with Gasteiger partial charge in [0.05, 0.1) is 18.5 Å². The fraction of sp³-hybridized carbons (Fsp3) is 0.667. The van der Waals surface area contributed by atoms with Gasteiger partial charge >= 0.3 is 12.1 Å². The Labute approximate surface area is 184 Å². The first-order chi connectivity index (χ1) is 14.8. The van der Waals surface area contributed by atoms with E-state index in [1.807, 2.05) is 12.1 Å². The summed E-state index contributed by atoms with van der Waals surface area (Å²) in [5, 5.41) is 7.12. The van der Waals surface area contributed by atoms with Gasteiger partial charge in [0, 0.05) is 40.2 Å². The Balaban J connectivity index is 0.000000451. The minimum atomic E-state index is -5.08. The largest absolute Gasteiger partial charge is 0.490 e. The van der Waals surface area contributed by atoms with Crippen LogP contribution in [-0.4, -0.2) is 84.0 Å². The van der Waals surface area contributed by atoms with Crippen molar-refractivity contribution in [2.24, 2.45) is 11.3 Å². The molecule has 0 aliphatic carbocycles. The van der Waals surface area contributed by atoms with E-state index in [1.165, 1.54) is 0 Å². The molecule has 11 heteroatoms. The Morgan fingerprint density at radius 3 is 2.38 bits per heavy atom. The molecule has 2 fully saturated rings. The maximum atomic E-state index is 13.1. The predicted octanol–water partition coefficient (Wildman–Crippen LogP) is 2.23. The number of aryl methyl sites for hydroxylation is 1. The molecule has 1 N–H and O–H groups in total. The smallest absolute Gasteiger partial charge is 0.475 e. The topological polar surface area (TPSA) is 94.3 Å². The monoisotopic (exact) mass is 461 g/mol. The summed E-state index contributed by atoms with van der Waals surface area (Å²) in [6.45, 7) is 7.50. The van der Waals surface area contributed by atoms with E-state index in [1.54, 1.807) is 23.9 Å². The highest BCUT2D eigenvalue weighted by Gasteiger charge is 2.55. The molecular formula is C21H30F3N3O5. The van der Waals surface area contributed by atoms with Crippen molar-refractivity contribution in [2.75, 3.05) is 40.3 Å². The van der Waals surface area contributed by atoms with Gasteiger partial charge in [-0.3, -0.25) is 14.5 Å². The van der Waals surface area contributed by atoms with Gasteiger partial charge in [-0.1, -0.05) is 13.8 Å². The number of furan rings is 1. The highest BCUT2D eigenvalue weighted by molar-refractivity contribution is 5.90. The molecule has 1 spiro atoms. The second kappa shape index (κ2) is 9.93. The molecule has 0 aromatic carbocycles. The molecule has 1 unspecified atom stereocenters. The maximum Gasteiger partial charge on any atom is 0.490 e. The summed E-state index contributed by atoms with van der Waals surface area (Å²) >= 11 is 0. The van der Waals surface area contributed by atoms with Crippen molar-refractivity contribution in [3.63, 3.8) is 0 Å². The van der Waals surface area contributed by atoms with Crippen LogP contribution < -0.4 is 0 Å². The van der Waals surface area contributed by atoms with Crippen LogP contribution >= 0.6 is 0 Å². The van der Waals surface area contributed by atoms with E-state index in [9.17, 15) is 22.8 Å². The van der Waals surface area contributed by atoms with Crippen molar-refractivity contribution in [3.8, 4) is 0 Å². The van der Waals surface area contributed by atoms with E-state index >= 15 is 0 Å². The number of nitrogens with zero attached hydrogens (tertiary/aromatic N) is 3. The number of carbonyl (C=O) groups is 3. The molecule has 0 bridgehead atoms. The summed E-state index contributed by atoms with van der Waals surface area (Å²) in [4.78, 5) is 39.5. The lowest BCUT2D eigenvalue weighted by atomic mass is 9.78. The van der Waals surface area contributed by atoms with Gasteiger partial charge in [0.1, 0.15) is 11.5 Å². The summed E-state index contributed by atoms with van der Waals surface area (Å²) in [6.07, 6.45) is -3.35. The minimum absolute atomic E-state index is 0.0180. The van der Waals surface area contributed by atoms with Crippen molar-refractivity contribution in [1.82, 2.24) is 14.7 Å². The number of amides is 2. The first-order valence-electron chi connectivity index (χ1n) is 10.4. The summed E-state index contributed by atoms with van der Waals surface area (Å²) in [5.74, 6) is -0.372. The molecule has 2 atom stereocenters. The quantitative estimate of drug-likeness (QED) is 0.723. The molecule has 0 radical (unpaired) electrons. The van der Waals surface area contributed by atoms with Gasteiger partial charge in [0.2, 0.25) is 11.8 Å². The maximum absolute atomic E-state index is 13.1. The number of aliphatic carboxylic acids is 1. The summed E-state index contributed by atoms with van der Waals surface area (Å²) < 4.78 is 37.6. The third-order valence-electron chi connectivity index (χ3n) is 6.03. The number of hydrogen-bond donors (Lipinski definition) is 1. The zero-order valence-electron chi connectivity index (χ0n) is 18.7. The number of carboxylic acid groups (broad SMARTS) is 1. The molecule has 2 aliphatic heterocycles. The zero-order chi connectivity index (χ0) is 24.3. The lowest BCUT2D eigenvalue weighted by Gasteiger charge is -2.27. The Morgan fingerprint density at radius 2 is 1.88 bits per heavy atom. The molecule has 3 rings (SSSR count). The van der Waals surface area contributed by atoms with Crippen LogP contribution in [0.25, 0.3) is 0 Å². The van der Waals surface area contributed by atoms with Gasteiger partial charge in [-0.2, -0.15) is 13.2 Å². The molecule has 180 valence electrons. The first-order valence-corrected chi connectivity index (χ1v) is 10.4. The normalized spacial score (nSPS) is 23.4. The van der Waals surface area contributed by atoms with Gasteiger partial charge in [-0.25, -0.2) is 4.79 Å². The van der Waals surface area contributed by atoms with Crippen molar-refractivity contribution >= 4 is 17.8 Å². The molecule has 1 aromatic rings. The van der Waals surface area contributed by atoms with Crippen LogP contribution in [0.2, 0.25) is 0 Å². The third-order valence-corrected chi connectivity index (χ3v) is 6.03. The van der Waals surface area contributed by atoms with Crippen LogP contribution in [0.1, 0.15) is 31.8 Å². The predicted molar refractivity (Wildman–Crippen MR) is 109 cm³/mol. The lowest BCUT2D eigenvalue weighted by Crippen LogP contribution is -2.43. The second-order valence-corrected chi connectivity index (χ2v) is 8.52. The molecule has 3 heterocycles. The fourth-order valence-corrected chi connectivity index (χ4v) is 4.14. The molecule has 32 heavy (non-hydrogen) atoms.